The van der Waals surface area contributed by atoms with Gasteiger partial charge in [-0.2, -0.15) is 0 Å². The zero-order valence-corrected chi connectivity index (χ0v) is 12.7. The van der Waals surface area contributed by atoms with E-state index in [0.29, 0.717) is 23.1 Å². The summed E-state index contributed by atoms with van der Waals surface area (Å²) in [4.78, 5) is 8.49. The van der Waals surface area contributed by atoms with Crippen molar-refractivity contribution in [3.05, 3.63) is 48.3 Å². The summed E-state index contributed by atoms with van der Waals surface area (Å²) < 4.78 is 16.4. The van der Waals surface area contributed by atoms with Crippen molar-refractivity contribution in [1.82, 2.24) is 9.97 Å². The third kappa shape index (κ3) is 2.79. The van der Waals surface area contributed by atoms with Crippen LogP contribution in [0.2, 0.25) is 0 Å². The lowest BCUT2D eigenvalue weighted by atomic mass is 10.1. The van der Waals surface area contributed by atoms with Crippen molar-refractivity contribution in [3.63, 3.8) is 0 Å². The molecule has 1 aromatic heterocycles. The van der Waals surface area contributed by atoms with E-state index in [4.69, 9.17) is 14.2 Å². The van der Waals surface area contributed by atoms with E-state index in [9.17, 15) is 0 Å². The van der Waals surface area contributed by atoms with Gasteiger partial charge in [-0.25, -0.2) is 9.97 Å². The number of benzene rings is 2. The Labute approximate surface area is 128 Å². The summed E-state index contributed by atoms with van der Waals surface area (Å²) in [5.41, 5.74) is 1.96. The largest absolute Gasteiger partial charge is 0.496 e. The number of ether oxygens (including phenoxy) is 3. The van der Waals surface area contributed by atoms with Crippen molar-refractivity contribution in [3.8, 4) is 23.1 Å². The second-order valence-electron chi connectivity index (χ2n) is 4.85. The summed E-state index contributed by atoms with van der Waals surface area (Å²) in [6, 6.07) is 11.3. The third-order valence-corrected chi connectivity index (χ3v) is 3.29. The second-order valence-corrected chi connectivity index (χ2v) is 4.85. The standard InChI is InChI=1S/C17H16N2O3/c1-11-4-5-16-15(6-11)17(19-10-18-16)22-14-8-12(20-2)7-13(9-14)21-3/h4-10H,1-3H3. The lowest BCUT2D eigenvalue weighted by Gasteiger charge is -2.11. The predicted octanol–water partition coefficient (Wildman–Crippen LogP) is 3.75. The average Bonchev–Trinajstić information content (AvgIpc) is 2.55. The number of hydrogen-bond acceptors (Lipinski definition) is 5. The van der Waals surface area contributed by atoms with Crippen molar-refractivity contribution in [2.45, 2.75) is 6.92 Å². The smallest absolute Gasteiger partial charge is 0.230 e. The van der Waals surface area contributed by atoms with E-state index in [1.807, 2.05) is 25.1 Å². The predicted molar refractivity (Wildman–Crippen MR) is 83.9 cm³/mol. The first kappa shape index (κ1) is 14.1. The van der Waals surface area contributed by atoms with E-state index in [0.717, 1.165) is 16.5 Å². The van der Waals surface area contributed by atoms with Crippen LogP contribution in [-0.2, 0) is 0 Å². The molecular weight excluding hydrogens is 280 g/mol. The first-order valence-corrected chi connectivity index (χ1v) is 6.82. The molecule has 112 valence electrons. The van der Waals surface area contributed by atoms with Crippen LogP contribution in [0.3, 0.4) is 0 Å². The van der Waals surface area contributed by atoms with Crippen LogP contribution < -0.4 is 14.2 Å². The Morgan fingerprint density at radius 3 is 2.18 bits per heavy atom. The van der Waals surface area contributed by atoms with E-state index in [1.165, 1.54) is 6.33 Å². The van der Waals surface area contributed by atoms with Gasteiger partial charge >= 0.3 is 0 Å². The molecule has 3 rings (SSSR count). The Morgan fingerprint density at radius 1 is 0.818 bits per heavy atom. The SMILES string of the molecule is COc1cc(OC)cc(Oc2ncnc3ccc(C)cc23)c1. The second kappa shape index (κ2) is 5.89. The highest BCUT2D eigenvalue weighted by atomic mass is 16.5. The van der Waals surface area contributed by atoms with E-state index in [-0.39, 0.29) is 0 Å². The summed E-state index contributed by atoms with van der Waals surface area (Å²) >= 11 is 0. The monoisotopic (exact) mass is 296 g/mol. The summed E-state index contributed by atoms with van der Waals surface area (Å²) in [5.74, 6) is 2.41. The van der Waals surface area contributed by atoms with Gasteiger partial charge in [-0.15, -0.1) is 0 Å². The van der Waals surface area contributed by atoms with Crippen LogP contribution in [0.25, 0.3) is 10.9 Å². The Balaban J connectivity index is 2.04. The van der Waals surface area contributed by atoms with Crippen molar-refractivity contribution in [2.75, 3.05) is 14.2 Å². The first-order valence-electron chi connectivity index (χ1n) is 6.82. The van der Waals surface area contributed by atoms with Gasteiger partial charge in [0.15, 0.2) is 0 Å². The summed E-state index contributed by atoms with van der Waals surface area (Å²) in [6.45, 7) is 2.02. The molecule has 5 nitrogen and oxygen atoms in total. The van der Waals surface area contributed by atoms with E-state index in [2.05, 4.69) is 9.97 Å². The number of methoxy groups -OCH3 is 2. The zero-order chi connectivity index (χ0) is 15.5. The maximum atomic E-state index is 5.92. The lowest BCUT2D eigenvalue weighted by Crippen LogP contribution is -1.94. The molecule has 1 heterocycles. The zero-order valence-electron chi connectivity index (χ0n) is 12.7. The lowest BCUT2D eigenvalue weighted by molar-refractivity contribution is 0.385. The van der Waals surface area contributed by atoms with Crippen LogP contribution in [0.4, 0.5) is 0 Å². The number of aryl methyl sites for hydroxylation is 1. The molecule has 0 spiro atoms. The highest BCUT2D eigenvalue weighted by molar-refractivity contribution is 5.84. The third-order valence-electron chi connectivity index (χ3n) is 3.29. The van der Waals surface area contributed by atoms with Gasteiger partial charge in [-0.05, 0) is 19.1 Å². The van der Waals surface area contributed by atoms with Gasteiger partial charge in [-0.3, -0.25) is 0 Å². The fourth-order valence-electron chi connectivity index (χ4n) is 2.18. The average molecular weight is 296 g/mol. The number of rotatable bonds is 4. The van der Waals surface area contributed by atoms with Gasteiger partial charge < -0.3 is 14.2 Å². The molecule has 0 atom stereocenters. The Kier molecular flexibility index (Phi) is 3.78. The molecule has 0 unspecified atom stereocenters. The molecule has 0 aliphatic rings. The van der Waals surface area contributed by atoms with Gasteiger partial charge in [-0.1, -0.05) is 11.6 Å². The van der Waals surface area contributed by atoms with Crippen LogP contribution in [0.15, 0.2) is 42.7 Å². The van der Waals surface area contributed by atoms with E-state index < -0.39 is 0 Å². The summed E-state index contributed by atoms with van der Waals surface area (Å²) in [6.07, 6.45) is 1.49. The topological polar surface area (TPSA) is 53.5 Å². The van der Waals surface area contributed by atoms with E-state index in [1.54, 1.807) is 32.4 Å². The molecule has 0 N–H and O–H groups in total. The van der Waals surface area contributed by atoms with Crippen molar-refractivity contribution >= 4 is 10.9 Å². The molecule has 22 heavy (non-hydrogen) atoms. The van der Waals surface area contributed by atoms with Gasteiger partial charge in [0.1, 0.15) is 23.6 Å². The Hall–Kier alpha value is -2.82. The van der Waals surface area contributed by atoms with Crippen LogP contribution in [0, 0.1) is 6.92 Å². The molecule has 0 aliphatic carbocycles. The minimum Gasteiger partial charge on any atom is -0.496 e. The number of fused-ring (bicyclic) bond motifs is 1. The molecule has 0 fully saturated rings. The van der Waals surface area contributed by atoms with Crippen molar-refractivity contribution in [2.24, 2.45) is 0 Å². The van der Waals surface area contributed by atoms with Crippen LogP contribution in [-0.4, -0.2) is 24.2 Å². The van der Waals surface area contributed by atoms with Crippen LogP contribution >= 0.6 is 0 Å². The number of hydrogen-bond donors (Lipinski definition) is 0. The van der Waals surface area contributed by atoms with Gasteiger partial charge in [0.25, 0.3) is 0 Å². The van der Waals surface area contributed by atoms with Gasteiger partial charge in [0.05, 0.1) is 25.1 Å². The highest BCUT2D eigenvalue weighted by Crippen LogP contribution is 2.32. The minimum atomic E-state index is 0.504. The molecular formula is C17H16N2O3. The fourth-order valence-corrected chi connectivity index (χ4v) is 2.18. The number of aromatic nitrogens is 2. The van der Waals surface area contributed by atoms with Gasteiger partial charge in [0.2, 0.25) is 5.88 Å². The molecule has 0 amide bonds. The Morgan fingerprint density at radius 2 is 1.50 bits per heavy atom. The first-order chi connectivity index (χ1) is 10.7. The number of nitrogens with zero attached hydrogens (tertiary/aromatic N) is 2. The molecule has 2 aromatic carbocycles. The van der Waals surface area contributed by atoms with E-state index >= 15 is 0 Å². The molecule has 5 heteroatoms. The van der Waals surface area contributed by atoms with Crippen molar-refractivity contribution < 1.29 is 14.2 Å². The van der Waals surface area contributed by atoms with Crippen LogP contribution in [0.1, 0.15) is 5.56 Å². The molecule has 0 saturated carbocycles. The highest BCUT2D eigenvalue weighted by Gasteiger charge is 2.09. The molecule has 0 saturated heterocycles. The summed E-state index contributed by atoms with van der Waals surface area (Å²) in [5, 5.41) is 0.865. The molecule has 0 radical (unpaired) electrons. The Bertz CT molecular complexity index is 796. The molecule has 3 aromatic rings. The van der Waals surface area contributed by atoms with Gasteiger partial charge in [0, 0.05) is 18.2 Å². The normalized spacial score (nSPS) is 10.5. The van der Waals surface area contributed by atoms with Crippen molar-refractivity contribution in [1.29, 1.82) is 0 Å². The summed E-state index contributed by atoms with van der Waals surface area (Å²) in [7, 11) is 3.20. The maximum absolute atomic E-state index is 5.92. The minimum absolute atomic E-state index is 0.504. The maximum Gasteiger partial charge on any atom is 0.230 e. The molecule has 0 aliphatic heterocycles. The van der Waals surface area contributed by atoms with Crippen LogP contribution in [0.5, 0.6) is 23.1 Å². The quantitative estimate of drug-likeness (QED) is 0.734. The fraction of sp³-hybridized carbons (Fsp3) is 0.176. The molecule has 0 bridgehead atoms.